The van der Waals surface area contributed by atoms with Crippen LogP contribution in [0.5, 0.6) is 0 Å². The van der Waals surface area contributed by atoms with E-state index in [2.05, 4.69) is 16.1 Å². The molecule has 192 valence electrons. The van der Waals surface area contributed by atoms with Gasteiger partial charge >= 0.3 is 0 Å². The van der Waals surface area contributed by atoms with Gasteiger partial charge in [0.05, 0.1) is 32.7 Å². The zero-order chi connectivity index (χ0) is 26.5. The number of nitrogens with one attached hydrogen (secondary N) is 3. The zero-order valence-corrected chi connectivity index (χ0v) is 21.3. The second-order valence-electron chi connectivity index (χ2n) is 8.00. The van der Waals surface area contributed by atoms with Gasteiger partial charge in [-0.25, -0.2) is 0 Å². The van der Waals surface area contributed by atoms with Crippen molar-refractivity contribution in [2.45, 2.75) is 6.42 Å². The van der Waals surface area contributed by atoms with Crippen LogP contribution in [-0.4, -0.2) is 47.5 Å². The molecule has 13 heteroatoms. The fraction of sp³-hybridized carbons (Fsp3) is 0.167. The third-order valence-corrected chi connectivity index (χ3v) is 6.60. The number of hydrogen-bond donors (Lipinski definition) is 4. The fourth-order valence-electron chi connectivity index (χ4n) is 3.63. The van der Waals surface area contributed by atoms with Crippen LogP contribution in [0.25, 0.3) is 5.69 Å². The number of hydrogen-bond acceptors (Lipinski definition) is 8. The third kappa shape index (κ3) is 6.17. The molecule has 0 fully saturated rings. The van der Waals surface area contributed by atoms with E-state index in [1.165, 1.54) is 22.0 Å². The highest BCUT2D eigenvalue weighted by molar-refractivity contribution is 7.18. The average molecular weight is 542 g/mol. The number of nitrogens with two attached hydrogens (primary N) is 1. The maximum atomic E-state index is 13.1. The van der Waals surface area contributed by atoms with Gasteiger partial charge < -0.3 is 21.8 Å². The first kappa shape index (κ1) is 25.9. The van der Waals surface area contributed by atoms with Gasteiger partial charge in [-0.15, -0.1) is 16.5 Å². The molecule has 1 aromatic carbocycles. The molecule has 0 saturated heterocycles. The van der Waals surface area contributed by atoms with Crippen LogP contribution in [-0.2, 0) is 4.79 Å². The Morgan fingerprint density at radius 2 is 1.89 bits per heavy atom. The Hall–Kier alpha value is -4.13. The van der Waals surface area contributed by atoms with Crippen LogP contribution in [0.2, 0.25) is 4.34 Å². The van der Waals surface area contributed by atoms with E-state index in [1.54, 1.807) is 72.0 Å². The lowest BCUT2D eigenvalue weighted by Gasteiger charge is -2.27. The third-order valence-electron chi connectivity index (χ3n) is 5.37. The number of aromatic nitrogens is 1. The van der Waals surface area contributed by atoms with Crippen molar-refractivity contribution in [3.8, 4) is 5.69 Å². The number of pyridine rings is 1. The monoisotopic (exact) mass is 541 g/mol. The molecule has 4 rings (SSSR count). The Kier molecular flexibility index (Phi) is 7.92. The summed E-state index contributed by atoms with van der Waals surface area (Å²) in [6.45, 7) is 0.268. The van der Waals surface area contributed by atoms with Crippen LogP contribution in [0.1, 0.15) is 26.5 Å². The number of amides is 3. The quantitative estimate of drug-likeness (QED) is 0.322. The second-order valence-corrected chi connectivity index (χ2v) is 9.72. The van der Waals surface area contributed by atoms with Crippen molar-refractivity contribution in [3.05, 3.63) is 91.8 Å². The van der Waals surface area contributed by atoms with Crippen molar-refractivity contribution < 1.29 is 14.4 Å². The topological polar surface area (TPSA) is 142 Å². The largest absolute Gasteiger partial charge is 0.370 e. The minimum atomic E-state index is -0.534. The van der Waals surface area contributed by atoms with Gasteiger partial charge in [0.25, 0.3) is 17.4 Å². The summed E-state index contributed by atoms with van der Waals surface area (Å²) in [4.78, 5) is 49.5. The number of primary amides is 1. The SMILES string of the molecule is CN1NC(CNC(=O)c2ccc(Cl)s2)=CN1c1ccc(-n2ccccc2=O)cc1C(=O)NCCC(N)=O. The van der Waals surface area contributed by atoms with Crippen LogP contribution >= 0.6 is 22.9 Å². The van der Waals surface area contributed by atoms with E-state index >= 15 is 0 Å². The van der Waals surface area contributed by atoms with Gasteiger partial charge in [0.2, 0.25) is 5.91 Å². The van der Waals surface area contributed by atoms with Crippen molar-refractivity contribution in [1.29, 1.82) is 0 Å². The number of halogens is 1. The highest BCUT2D eigenvalue weighted by Crippen LogP contribution is 2.27. The maximum absolute atomic E-state index is 13.1. The highest BCUT2D eigenvalue weighted by Gasteiger charge is 2.25. The lowest BCUT2D eigenvalue weighted by atomic mass is 10.1. The molecule has 0 spiro atoms. The Bertz CT molecular complexity index is 1430. The molecule has 11 nitrogen and oxygen atoms in total. The molecule has 2 aromatic heterocycles. The van der Waals surface area contributed by atoms with E-state index < -0.39 is 11.8 Å². The van der Waals surface area contributed by atoms with Crippen molar-refractivity contribution in [3.63, 3.8) is 0 Å². The zero-order valence-electron chi connectivity index (χ0n) is 19.7. The first-order valence-corrected chi connectivity index (χ1v) is 12.3. The Balaban J connectivity index is 1.60. The molecule has 1 aliphatic heterocycles. The van der Waals surface area contributed by atoms with Gasteiger partial charge in [-0.2, -0.15) is 0 Å². The molecule has 0 aliphatic carbocycles. The predicted molar refractivity (Wildman–Crippen MR) is 141 cm³/mol. The summed E-state index contributed by atoms with van der Waals surface area (Å²) in [6.07, 6.45) is 3.34. The smallest absolute Gasteiger partial charge is 0.261 e. The maximum Gasteiger partial charge on any atom is 0.261 e. The minimum Gasteiger partial charge on any atom is -0.370 e. The Labute approximate surface area is 221 Å². The molecule has 0 bridgehead atoms. The lowest BCUT2D eigenvalue weighted by molar-refractivity contribution is -0.117. The number of anilines is 1. The number of rotatable bonds is 9. The number of benzene rings is 1. The molecule has 0 saturated carbocycles. The van der Waals surface area contributed by atoms with Gasteiger partial charge in [-0.3, -0.25) is 28.8 Å². The summed E-state index contributed by atoms with van der Waals surface area (Å²) in [6, 6.07) is 13.1. The first-order chi connectivity index (χ1) is 17.7. The number of thiophene rings is 1. The molecular formula is C24H24ClN7O4S. The summed E-state index contributed by atoms with van der Waals surface area (Å²) in [5.41, 5.74) is 10.0. The normalized spacial score (nSPS) is 13.1. The van der Waals surface area contributed by atoms with Gasteiger partial charge in [0.15, 0.2) is 0 Å². The summed E-state index contributed by atoms with van der Waals surface area (Å²) in [5.74, 6) is -1.24. The van der Waals surface area contributed by atoms with Crippen LogP contribution in [0, 0.1) is 0 Å². The van der Waals surface area contributed by atoms with Crippen molar-refractivity contribution >= 4 is 46.3 Å². The standard InChI is InChI=1S/C24H24ClN7O4S/c1-30-29-15(13-28-24(36)19-7-8-20(25)37-19)14-32(30)18-6-5-16(31-11-3-2-4-22(31)34)12-17(18)23(35)27-10-9-21(26)33/h2-8,11-12,14,29H,9-10,13H2,1H3,(H2,26,33)(H,27,35)(H,28,36). The van der Waals surface area contributed by atoms with Crippen LogP contribution in [0.3, 0.4) is 0 Å². The van der Waals surface area contributed by atoms with E-state index in [1.807, 2.05) is 0 Å². The Morgan fingerprint density at radius 3 is 2.59 bits per heavy atom. The Morgan fingerprint density at radius 1 is 1.08 bits per heavy atom. The van der Waals surface area contributed by atoms with Crippen LogP contribution in [0.4, 0.5) is 5.69 Å². The van der Waals surface area contributed by atoms with E-state index in [0.717, 1.165) is 0 Å². The number of nitrogens with zero attached hydrogens (tertiary/aromatic N) is 3. The molecule has 37 heavy (non-hydrogen) atoms. The van der Waals surface area contributed by atoms with Crippen LogP contribution < -0.4 is 32.4 Å². The average Bonchev–Trinajstić information content (AvgIpc) is 3.47. The molecule has 5 N–H and O–H groups in total. The minimum absolute atomic E-state index is 0.0106. The highest BCUT2D eigenvalue weighted by atomic mass is 35.5. The molecule has 0 atom stereocenters. The summed E-state index contributed by atoms with van der Waals surface area (Å²) < 4.78 is 1.95. The number of hydrazine groups is 2. The lowest BCUT2D eigenvalue weighted by Crippen LogP contribution is -2.41. The second kappa shape index (κ2) is 11.3. The van der Waals surface area contributed by atoms with Crippen molar-refractivity contribution in [2.24, 2.45) is 5.73 Å². The van der Waals surface area contributed by atoms with E-state index in [4.69, 9.17) is 17.3 Å². The van der Waals surface area contributed by atoms with Crippen LogP contribution in [0.15, 0.2) is 71.4 Å². The summed E-state index contributed by atoms with van der Waals surface area (Å²) >= 11 is 7.10. The molecule has 0 unspecified atom stereocenters. The molecule has 3 heterocycles. The number of carbonyl (C=O) groups is 3. The van der Waals surface area contributed by atoms with Crippen molar-refractivity contribution in [2.75, 3.05) is 25.1 Å². The van der Waals surface area contributed by atoms with Gasteiger partial charge in [-0.05, 0) is 36.4 Å². The summed E-state index contributed by atoms with van der Waals surface area (Å²) in [5, 5.41) is 8.87. The fourth-order valence-corrected chi connectivity index (χ4v) is 4.59. The molecular weight excluding hydrogens is 518 g/mol. The van der Waals surface area contributed by atoms with E-state index in [9.17, 15) is 19.2 Å². The van der Waals surface area contributed by atoms with E-state index in [0.29, 0.717) is 26.3 Å². The molecule has 3 aromatic rings. The van der Waals surface area contributed by atoms with Gasteiger partial charge in [0.1, 0.15) is 0 Å². The van der Waals surface area contributed by atoms with Crippen molar-refractivity contribution in [1.82, 2.24) is 25.7 Å². The van der Waals surface area contributed by atoms with E-state index in [-0.39, 0.29) is 36.5 Å². The summed E-state index contributed by atoms with van der Waals surface area (Å²) in [7, 11) is 1.74. The molecule has 1 aliphatic rings. The van der Waals surface area contributed by atoms with Gasteiger partial charge in [0, 0.05) is 44.2 Å². The first-order valence-electron chi connectivity index (χ1n) is 11.2. The number of carbonyl (C=O) groups excluding carboxylic acids is 3. The predicted octanol–water partition coefficient (Wildman–Crippen LogP) is 1.60. The molecule has 0 radical (unpaired) electrons. The van der Waals surface area contributed by atoms with Gasteiger partial charge in [-0.1, -0.05) is 17.7 Å². The molecule has 3 amide bonds.